The number of hydrogen-bond donors (Lipinski definition) is 0. The van der Waals surface area contributed by atoms with Crippen LogP contribution >= 0.6 is 0 Å². The number of methoxy groups -OCH3 is 2. The van der Waals surface area contributed by atoms with E-state index in [4.69, 9.17) is 18.9 Å². The van der Waals surface area contributed by atoms with Crippen molar-refractivity contribution >= 4 is 17.8 Å². The molecule has 2 aromatic carbocycles. The Kier molecular flexibility index (Phi) is 4.32. The predicted molar refractivity (Wildman–Crippen MR) is 97.3 cm³/mol. The predicted octanol–water partition coefficient (Wildman–Crippen LogP) is 3.64. The topological polar surface area (TPSA) is 71.1 Å². The summed E-state index contributed by atoms with van der Waals surface area (Å²) in [5.74, 6) is 1.67. The zero-order chi connectivity index (χ0) is 19.0. The summed E-state index contributed by atoms with van der Waals surface area (Å²) in [5.41, 5.74) is 1.12. The van der Waals surface area contributed by atoms with Crippen LogP contribution in [0.5, 0.6) is 23.0 Å². The van der Waals surface area contributed by atoms with Crippen molar-refractivity contribution in [2.24, 2.45) is 5.92 Å². The molecule has 0 atom stereocenters. The first-order valence-corrected chi connectivity index (χ1v) is 8.61. The van der Waals surface area contributed by atoms with Gasteiger partial charge in [-0.2, -0.15) is 0 Å². The first kappa shape index (κ1) is 17.1. The van der Waals surface area contributed by atoms with Crippen LogP contribution in [-0.2, 0) is 4.79 Å². The summed E-state index contributed by atoms with van der Waals surface area (Å²) in [6.07, 6.45) is 3.36. The van der Waals surface area contributed by atoms with E-state index in [-0.39, 0.29) is 23.4 Å². The number of carbonyl (C=O) groups is 2. The van der Waals surface area contributed by atoms with Gasteiger partial charge in [0.1, 0.15) is 23.0 Å². The average Bonchev–Trinajstić information content (AvgIpc) is 3.48. The Labute approximate surface area is 156 Å². The minimum absolute atomic E-state index is 0.00111. The first-order chi connectivity index (χ1) is 13.1. The summed E-state index contributed by atoms with van der Waals surface area (Å²) in [7, 11) is 3.12. The van der Waals surface area contributed by atoms with Gasteiger partial charge in [-0.25, -0.2) is 0 Å². The Bertz CT molecular complexity index is 955. The summed E-state index contributed by atoms with van der Waals surface area (Å²) in [6.45, 7) is 0. The molecule has 2 aliphatic rings. The van der Waals surface area contributed by atoms with Crippen LogP contribution in [0.2, 0.25) is 0 Å². The maximum atomic E-state index is 12.6. The van der Waals surface area contributed by atoms with Crippen LogP contribution in [0.4, 0.5) is 0 Å². The van der Waals surface area contributed by atoms with E-state index in [0.29, 0.717) is 34.1 Å². The van der Waals surface area contributed by atoms with Gasteiger partial charge in [-0.3, -0.25) is 9.59 Å². The van der Waals surface area contributed by atoms with Gasteiger partial charge in [0.05, 0.1) is 25.7 Å². The van der Waals surface area contributed by atoms with Crippen molar-refractivity contribution in [1.82, 2.24) is 0 Å². The van der Waals surface area contributed by atoms with Crippen LogP contribution in [-0.4, -0.2) is 26.0 Å². The molecule has 138 valence electrons. The highest BCUT2D eigenvalue weighted by atomic mass is 16.5. The number of benzene rings is 2. The van der Waals surface area contributed by atoms with Crippen LogP contribution in [0.3, 0.4) is 0 Å². The SMILES string of the molecule is COc1ccc(/C=C2/Oc3cc(OC(=O)C4CC4)ccc3C2=O)c(OC)c1. The van der Waals surface area contributed by atoms with Gasteiger partial charge in [0.25, 0.3) is 0 Å². The lowest BCUT2D eigenvalue weighted by molar-refractivity contribution is -0.135. The van der Waals surface area contributed by atoms with Gasteiger partial charge in [-0.05, 0) is 43.2 Å². The van der Waals surface area contributed by atoms with E-state index in [1.807, 2.05) is 0 Å². The Morgan fingerprint density at radius 1 is 1.07 bits per heavy atom. The fourth-order valence-electron chi connectivity index (χ4n) is 2.83. The standard InChI is InChI=1S/C21H18O6/c1-24-14-6-5-13(17(10-14)25-2)9-19-20(22)16-8-7-15(11-18(16)27-19)26-21(23)12-3-4-12/h5-12H,3-4H2,1-2H3/b19-9+. The van der Waals surface area contributed by atoms with Gasteiger partial charge in [0, 0.05) is 17.7 Å². The normalized spacial score (nSPS) is 16.7. The van der Waals surface area contributed by atoms with Crippen LogP contribution in [0, 0.1) is 5.92 Å². The molecule has 0 radical (unpaired) electrons. The summed E-state index contributed by atoms with van der Waals surface area (Å²) >= 11 is 0. The number of rotatable bonds is 5. The smallest absolute Gasteiger partial charge is 0.314 e. The highest BCUT2D eigenvalue weighted by Crippen LogP contribution is 2.37. The minimum atomic E-state index is -0.238. The third-order valence-corrected chi connectivity index (χ3v) is 4.50. The Morgan fingerprint density at radius 3 is 2.56 bits per heavy atom. The fourth-order valence-corrected chi connectivity index (χ4v) is 2.83. The van der Waals surface area contributed by atoms with E-state index >= 15 is 0 Å². The molecule has 27 heavy (non-hydrogen) atoms. The number of carbonyl (C=O) groups excluding carboxylic acids is 2. The Hall–Kier alpha value is -3.28. The minimum Gasteiger partial charge on any atom is -0.497 e. The van der Waals surface area contributed by atoms with Crippen molar-refractivity contribution in [2.45, 2.75) is 12.8 Å². The molecule has 0 unspecified atom stereocenters. The number of ether oxygens (including phenoxy) is 4. The molecule has 0 aromatic heterocycles. The largest absolute Gasteiger partial charge is 0.497 e. The number of Topliss-reactive ketones (excluding diaryl/α,β-unsaturated/α-hetero) is 1. The second-order valence-corrected chi connectivity index (χ2v) is 6.40. The molecule has 0 saturated heterocycles. The molecule has 0 N–H and O–H groups in total. The first-order valence-electron chi connectivity index (χ1n) is 8.61. The van der Waals surface area contributed by atoms with E-state index in [9.17, 15) is 9.59 Å². The number of ketones is 1. The maximum absolute atomic E-state index is 12.6. The number of fused-ring (bicyclic) bond motifs is 1. The number of hydrogen-bond acceptors (Lipinski definition) is 6. The van der Waals surface area contributed by atoms with E-state index < -0.39 is 0 Å². The van der Waals surface area contributed by atoms with Crippen molar-refractivity contribution in [2.75, 3.05) is 14.2 Å². The molecule has 1 aliphatic heterocycles. The fraction of sp³-hybridized carbons (Fsp3) is 0.238. The molecular formula is C21H18O6. The van der Waals surface area contributed by atoms with E-state index in [0.717, 1.165) is 12.8 Å². The second-order valence-electron chi connectivity index (χ2n) is 6.40. The third kappa shape index (κ3) is 3.38. The van der Waals surface area contributed by atoms with Gasteiger partial charge >= 0.3 is 5.97 Å². The Morgan fingerprint density at radius 2 is 1.85 bits per heavy atom. The average molecular weight is 366 g/mol. The molecule has 1 aliphatic carbocycles. The van der Waals surface area contributed by atoms with Crippen molar-refractivity contribution in [3.05, 3.63) is 53.3 Å². The van der Waals surface area contributed by atoms with Gasteiger partial charge in [0.2, 0.25) is 5.78 Å². The van der Waals surface area contributed by atoms with E-state index in [1.54, 1.807) is 56.7 Å². The highest BCUT2D eigenvalue weighted by Gasteiger charge is 2.33. The van der Waals surface area contributed by atoms with Crippen LogP contribution < -0.4 is 18.9 Å². The molecule has 6 heteroatoms. The molecular weight excluding hydrogens is 348 g/mol. The monoisotopic (exact) mass is 366 g/mol. The molecule has 1 fully saturated rings. The molecule has 1 heterocycles. The van der Waals surface area contributed by atoms with Gasteiger partial charge in [-0.15, -0.1) is 0 Å². The van der Waals surface area contributed by atoms with Crippen molar-refractivity contribution in [3.8, 4) is 23.0 Å². The Balaban J connectivity index is 1.59. The van der Waals surface area contributed by atoms with Crippen LogP contribution in [0.25, 0.3) is 6.08 Å². The van der Waals surface area contributed by atoms with Crippen molar-refractivity contribution < 1.29 is 28.5 Å². The number of allylic oxidation sites excluding steroid dienone is 1. The third-order valence-electron chi connectivity index (χ3n) is 4.50. The maximum Gasteiger partial charge on any atom is 0.314 e. The van der Waals surface area contributed by atoms with Crippen molar-refractivity contribution in [3.63, 3.8) is 0 Å². The summed E-state index contributed by atoms with van der Waals surface area (Å²) in [5, 5.41) is 0. The second kappa shape index (κ2) is 6.79. The molecule has 1 saturated carbocycles. The quantitative estimate of drug-likeness (QED) is 0.457. The molecule has 0 bridgehead atoms. The van der Waals surface area contributed by atoms with Crippen molar-refractivity contribution in [1.29, 1.82) is 0 Å². The van der Waals surface area contributed by atoms with Gasteiger partial charge < -0.3 is 18.9 Å². The lowest BCUT2D eigenvalue weighted by Crippen LogP contribution is -2.09. The molecule has 0 spiro atoms. The lowest BCUT2D eigenvalue weighted by atomic mass is 10.1. The van der Waals surface area contributed by atoms with E-state index in [1.165, 1.54) is 0 Å². The van der Waals surface area contributed by atoms with E-state index in [2.05, 4.69) is 0 Å². The summed E-state index contributed by atoms with van der Waals surface area (Å²) in [4.78, 5) is 24.4. The van der Waals surface area contributed by atoms with Gasteiger partial charge in [0.15, 0.2) is 5.76 Å². The summed E-state index contributed by atoms with van der Waals surface area (Å²) in [6, 6.07) is 10.1. The lowest BCUT2D eigenvalue weighted by Gasteiger charge is -2.08. The van der Waals surface area contributed by atoms with Crippen LogP contribution in [0.15, 0.2) is 42.2 Å². The molecule has 4 rings (SSSR count). The van der Waals surface area contributed by atoms with Gasteiger partial charge in [-0.1, -0.05) is 0 Å². The molecule has 6 nitrogen and oxygen atoms in total. The zero-order valence-corrected chi connectivity index (χ0v) is 15.0. The van der Waals surface area contributed by atoms with Crippen LogP contribution in [0.1, 0.15) is 28.8 Å². The zero-order valence-electron chi connectivity index (χ0n) is 15.0. The number of esters is 1. The molecule has 2 aromatic rings. The summed E-state index contributed by atoms with van der Waals surface area (Å²) < 4.78 is 21.6. The molecule has 0 amide bonds. The highest BCUT2D eigenvalue weighted by molar-refractivity contribution is 6.14.